The van der Waals surface area contributed by atoms with Gasteiger partial charge in [0.15, 0.2) is 0 Å². The Hall–Kier alpha value is -0.590. The molecule has 1 amide bonds. The van der Waals surface area contributed by atoms with Crippen LogP contribution in [0.25, 0.3) is 6.08 Å². The van der Waals surface area contributed by atoms with Gasteiger partial charge in [-0.05, 0) is 49.7 Å². The Morgan fingerprint density at radius 1 is 1.17 bits per heavy atom. The molecule has 0 saturated carbocycles. The van der Waals surface area contributed by atoms with Gasteiger partial charge in [-0.3, -0.25) is 14.6 Å². The van der Waals surface area contributed by atoms with E-state index in [0.717, 1.165) is 18.7 Å². The van der Waals surface area contributed by atoms with Gasteiger partial charge in [0.1, 0.15) is 4.32 Å². The predicted octanol–water partition coefficient (Wildman–Crippen LogP) is 5.03. The first-order chi connectivity index (χ1) is 11.5. The molecule has 2 heterocycles. The second kappa shape index (κ2) is 8.19. The average Bonchev–Trinajstić information content (AvgIpc) is 2.74. The number of amides is 1. The number of halogens is 2. The first-order valence-electron chi connectivity index (χ1n) is 7.97. The van der Waals surface area contributed by atoms with E-state index in [4.69, 9.17) is 35.4 Å². The highest BCUT2D eigenvalue weighted by Gasteiger charge is 2.33. The highest BCUT2D eigenvalue weighted by molar-refractivity contribution is 8.26. The fourth-order valence-corrected chi connectivity index (χ4v) is 4.55. The van der Waals surface area contributed by atoms with Crippen LogP contribution in [0.2, 0.25) is 10.0 Å². The van der Waals surface area contributed by atoms with E-state index in [0.29, 0.717) is 25.9 Å². The summed E-state index contributed by atoms with van der Waals surface area (Å²) in [6.07, 6.45) is 6.70. The van der Waals surface area contributed by atoms with Crippen LogP contribution in [-0.4, -0.2) is 39.8 Å². The normalized spacial score (nSPS) is 21.6. The summed E-state index contributed by atoms with van der Waals surface area (Å²) in [7, 11) is 0. The minimum Gasteiger partial charge on any atom is -0.286 e. The summed E-state index contributed by atoms with van der Waals surface area (Å²) in [5.41, 5.74) is 0.774. The van der Waals surface area contributed by atoms with Gasteiger partial charge in [0.25, 0.3) is 5.91 Å². The van der Waals surface area contributed by atoms with Crippen molar-refractivity contribution in [2.75, 3.05) is 19.8 Å². The first-order valence-corrected chi connectivity index (χ1v) is 9.95. The van der Waals surface area contributed by atoms with Crippen LogP contribution in [0.4, 0.5) is 0 Å². The molecule has 0 N–H and O–H groups in total. The molecule has 0 bridgehead atoms. The number of thioether (sulfide) groups is 1. The Morgan fingerprint density at radius 3 is 2.54 bits per heavy atom. The lowest BCUT2D eigenvalue weighted by atomic mass is 10.2. The molecule has 3 rings (SSSR count). The zero-order valence-corrected chi connectivity index (χ0v) is 16.3. The van der Waals surface area contributed by atoms with E-state index in [9.17, 15) is 4.79 Å². The molecule has 24 heavy (non-hydrogen) atoms. The predicted molar refractivity (Wildman–Crippen MR) is 106 cm³/mol. The zero-order valence-electron chi connectivity index (χ0n) is 13.1. The summed E-state index contributed by atoms with van der Waals surface area (Å²) in [6.45, 7) is 2.63. The van der Waals surface area contributed by atoms with Gasteiger partial charge in [0.05, 0.1) is 11.6 Å². The van der Waals surface area contributed by atoms with Crippen molar-refractivity contribution in [2.24, 2.45) is 0 Å². The van der Waals surface area contributed by atoms with Gasteiger partial charge in [-0.1, -0.05) is 66.1 Å². The molecule has 7 heteroatoms. The van der Waals surface area contributed by atoms with Crippen LogP contribution in [0.1, 0.15) is 31.2 Å². The van der Waals surface area contributed by atoms with E-state index >= 15 is 0 Å². The molecule has 2 saturated heterocycles. The fourth-order valence-electron chi connectivity index (χ4n) is 2.86. The largest absolute Gasteiger partial charge is 0.286 e. The standard InChI is InChI=1S/C17H18Cl2N2OS2/c18-13-6-5-12(14(19)10-13)9-15-16(22)21(17(23)24-15)11-20-7-3-1-2-4-8-20/h5-6,9-10H,1-4,7-8,11H2. The lowest BCUT2D eigenvalue weighted by molar-refractivity contribution is -0.123. The van der Waals surface area contributed by atoms with Crippen LogP contribution in [0.5, 0.6) is 0 Å². The molecule has 1 aromatic rings. The number of nitrogens with zero attached hydrogens (tertiary/aromatic N) is 2. The van der Waals surface area contributed by atoms with Crippen LogP contribution in [0.15, 0.2) is 23.1 Å². The summed E-state index contributed by atoms with van der Waals surface area (Å²) >= 11 is 18.9. The van der Waals surface area contributed by atoms with Crippen molar-refractivity contribution in [3.63, 3.8) is 0 Å². The Morgan fingerprint density at radius 2 is 1.88 bits per heavy atom. The number of hydrogen-bond acceptors (Lipinski definition) is 4. The average molecular weight is 401 g/mol. The second-order valence-corrected chi connectivity index (χ2v) is 8.47. The molecule has 0 radical (unpaired) electrons. The molecule has 1 aromatic carbocycles. The van der Waals surface area contributed by atoms with Crippen LogP contribution in [0.3, 0.4) is 0 Å². The Kier molecular flexibility index (Phi) is 6.22. The van der Waals surface area contributed by atoms with Crippen LogP contribution >= 0.6 is 47.2 Å². The van der Waals surface area contributed by atoms with Gasteiger partial charge >= 0.3 is 0 Å². The van der Waals surface area contributed by atoms with Gasteiger partial charge < -0.3 is 0 Å². The molecule has 0 aliphatic carbocycles. The van der Waals surface area contributed by atoms with E-state index in [1.807, 2.05) is 6.07 Å². The SMILES string of the molecule is O=C1C(=Cc2ccc(Cl)cc2Cl)SC(=S)N1CN1CCCCCC1. The third-order valence-electron chi connectivity index (χ3n) is 4.16. The van der Waals surface area contributed by atoms with Gasteiger partial charge in [-0.15, -0.1) is 0 Å². The third kappa shape index (κ3) is 4.33. The van der Waals surface area contributed by atoms with E-state index in [2.05, 4.69) is 4.90 Å². The highest BCUT2D eigenvalue weighted by Crippen LogP contribution is 2.34. The minimum atomic E-state index is -0.0414. The molecule has 2 aliphatic rings. The van der Waals surface area contributed by atoms with Crippen molar-refractivity contribution in [1.82, 2.24) is 9.80 Å². The van der Waals surface area contributed by atoms with Gasteiger partial charge in [0.2, 0.25) is 0 Å². The van der Waals surface area contributed by atoms with E-state index in [1.165, 1.54) is 37.4 Å². The van der Waals surface area contributed by atoms with Crippen LogP contribution in [-0.2, 0) is 4.79 Å². The summed E-state index contributed by atoms with van der Waals surface area (Å²) in [5, 5.41) is 1.10. The lowest BCUT2D eigenvalue weighted by Crippen LogP contribution is -2.40. The summed E-state index contributed by atoms with van der Waals surface area (Å²) in [4.78, 5) is 17.3. The van der Waals surface area contributed by atoms with Crippen molar-refractivity contribution >= 4 is 63.5 Å². The maximum absolute atomic E-state index is 12.7. The smallest absolute Gasteiger partial charge is 0.267 e. The van der Waals surface area contributed by atoms with E-state index in [-0.39, 0.29) is 5.91 Å². The molecule has 0 aromatic heterocycles. The summed E-state index contributed by atoms with van der Waals surface area (Å²) < 4.78 is 0.612. The molecule has 0 unspecified atom stereocenters. The minimum absolute atomic E-state index is 0.0414. The topological polar surface area (TPSA) is 23.6 Å². The van der Waals surface area contributed by atoms with Crippen molar-refractivity contribution in [3.8, 4) is 0 Å². The van der Waals surface area contributed by atoms with Crippen molar-refractivity contribution in [1.29, 1.82) is 0 Å². The number of rotatable bonds is 3. The molecule has 3 nitrogen and oxygen atoms in total. The Labute approximate surface area is 162 Å². The molecular weight excluding hydrogens is 383 g/mol. The Bertz CT molecular complexity index is 685. The monoisotopic (exact) mass is 400 g/mol. The molecule has 0 atom stereocenters. The first kappa shape index (κ1) is 18.2. The maximum Gasteiger partial charge on any atom is 0.267 e. The van der Waals surface area contributed by atoms with E-state index < -0.39 is 0 Å². The Balaban J connectivity index is 1.74. The van der Waals surface area contributed by atoms with Crippen LogP contribution in [0, 0.1) is 0 Å². The third-order valence-corrected chi connectivity index (χ3v) is 6.10. The van der Waals surface area contributed by atoms with Crippen molar-refractivity contribution < 1.29 is 4.79 Å². The molecule has 0 spiro atoms. The zero-order chi connectivity index (χ0) is 17.1. The van der Waals surface area contributed by atoms with Crippen molar-refractivity contribution in [3.05, 3.63) is 38.7 Å². The molecular formula is C17H18Cl2N2OS2. The number of benzene rings is 1. The van der Waals surface area contributed by atoms with Gasteiger partial charge in [-0.2, -0.15) is 0 Å². The lowest BCUT2D eigenvalue weighted by Gasteiger charge is -2.25. The molecule has 2 fully saturated rings. The quantitative estimate of drug-likeness (QED) is 0.524. The number of hydrogen-bond donors (Lipinski definition) is 0. The molecule has 2 aliphatic heterocycles. The van der Waals surface area contributed by atoms with Crippen LogP contribution < -0.4 is 0 Å². The number of likely N-dealkylation sites (tertiary alicyclic amines) is 1. The summed E-state index contributed by atoms with van der Waals surface area (Å²) in [6, 6.07) is 5.25. The highest BCUT2D eigenvalue weighted by atomic mass is 35.5. The van der Waals surface area contributed by atoms with Crippen molar-refractivity contribution in [2.45, 2.75) is 25.7 Å². The second-order valence-electron chi connectivity index (χ2n) is 5.95. The van der Waals surface area contributed by atoms with E-state index in [1.54, 1.807) is 23.1 Å². The van der Waals surface area contributed by atoms with Gasteiger partial charge in [-0.25, -0.2) is 0 Å². The van der Waals surface area contributed by atoms with Gasteiger partial charge in [0, 0.05) is 10.0 Å². The number of carbonyl (C=O) groups excluding carboxylic acids is 1. The number of carbonyl (C=O) groups is 1. The summed E-state index contributed by atoms with van der Waals surface area (Å²) in [5.74, 6) is -0.0414. The fraction of sp³-hybridized carbons (Fsp3) is 0.412. The molecule has 128 valence electrons. The maximum atomic E-state index is 12.7. The number of thiocarbonyl (C=S) groups is 1.